The molecule has 1 heterocycles. The molecule has 0 amide bonds. The maximum absolute atomic E-state index is 2.62. The van der Waals surface area contributed by atoms with Crippen molar-refractivity contribution in [3.8, 4) is 0 Å². The molecular formula is C9H17N. The van der Waals surface area contributed by atoms with Gasteiger partial charge in [0.15, 0.2) is 0 Å². The standard InChI is InChI=1S/C9H17N/c1-7(2)10-4-3-8-5-9(8)6-10/h7-9H,3-6H2,1-2H3. The van der Waals surface area contributed by atoms with E-state index in [9.17, 15) is 0 Å². The molecule has 0 aromatic heterocycles. The van der Waals surface area contributed by atoms with Crippen molar-refractivity contribution < 1.29 is 0 Å². The lowest BCUT2D eigenvalue weighted by Crippen LogP contribution is -2.36. The Morgan fingerprint density at radius 1 is 1.30 bits per heavy atom. The highest BCUT2D eigenvalue weighted by molar-refractivity contribution is 4.93. The molecular weight excluding hydrogens is 122 g/mol. The van der Waals surface area contributed by atoms with Gasteiger partial charge in [-0.3, -0.25) is 0 Å². The molecule has 2 fully saturated rings. The zero-order valence-corrected chi connectivity index (χ0v) is 7.01. The Morgan fingerprint density at radius 2 is 2.10 bits per heavy atom. The van der Waals surface area contributed by atoms with Crippen molar-refractivity contribution in [2.75, 3.05) is 13.1 Å². The third-order valence-electron chi connectivity index (χ3n) is 3.06. The Morgan fingerprint density at radius 3 is 2.70 bits per heavy atom. The van der Waals surface area contributed by atoms with E-state index < -0.39 is 0 Å². The number of likely N-dealkylation sites (tertiary alicyclic amines) is 1. The molecule has 1 aliphatic carbocycles. The Labute approximate surface area is 63.4 Å². The second kappa shape index (κ2) is 2.23. The summed E-state index contributed by atoms with van der Waals surface area (Å²) in [4.78, 5) is 2.62. The fraction of sp³-hybridized carbons (Fsp3) is 1.00. The summed E-state index contributed by atoms with van der Waals surface area (Å²) >= 11 is 0. The molecule has 0 aromatic rings. The lowest BCUT2D eigenvalue weighted by atomic mass is 10.1. The fourth-order valence-corrected chi connectivity index (χ4v) is 2.08. The normalized spacial score (nSPS) is 39.9. The van der Waals surface area contributed by atoms with E-state index in [0.717, 1.165) is 17.9 Å². The molecule has 0 spiro atoms. The van der Waals surface area contributed by atoms with Crippen molar-refractivity contribution >= 4 is 0 Å². The van der Waals surface area contributed by atoms with E-state index in [2.05, 4.69) is 18.7 Å². The van der Waals surface area contributed by atoms with Gasteiger partial charge in [-0.1, -0.05) is 0 Å². The van der Waals surface area contributed by atoms with Gasteiger partial charge in [0.05, 0.1) is 0 Å². The summed E-state index contributed by atoms with van der Waals surface area (Å²) in [6.45, 7) is 7.37. The minimum absolute atomic E-state index is 0.779. The van der Waals surface area contributed by atoms with Crippen molar-refractivity contribution in [1.82, 2.24) is 4.90 Å². The monoisotopic (exact) mass is 139 g/mol. The molecule has 58 valence electrons. The molecule has 2 atom stereocenters. The SMILES string of the molecule is CC(C)N1CCC2CC2C1. The van der Waals surface area contributed by atoms with E-state index in [1.165, 1.54) is 25.9 Å². The number of hydrogen-bond acceptors (Lipinski definition) is 1. The van der Waals surface area contributed by atoms with Crippen LogP contribution >= 0.6 is 0 Å². The lowest BCUT2D eigenvalue weighted by molar-refractivity contribution is 0.177. The van der Waals surface area contributed by atoms with Crippen LogP contribution in [0.4, 0.5) is 0 Å². The van der Waals surface area contributed by atoms with Gasteiger partial charge in [-0.05, 0) is 45.1 Å². The van der Waals surface area contributed by atoms with E-state index in [-0.39, 0.29) is 0 Å². The summed E-state index contributed by atoms with van der Waals surface area (Å²) in [5.74, 6) is 2.23. The average molecular weight is 139 g/mol. The van der Waals surface area contributed by atoms with E-state index >= 15 is 0 Å². The van der Waals surface area contributed by atoms with E-state index in [1.54, 1.807) is 0 Å². The molecule has 1 saturated carbocycles. The van der Waals surface area contributed by atoms with Gasteiger partial charge in [-0.25, -0.2) is 0 Å². The quantitative estimate of drug-likeness (QED) is 0.535. The van der Waals surface area contributed by atoms with E-state index in [4.69, 9.17) is 0 Å². The third-order valence-corrected chi connectivity index (χ3v) is 3.06. The molecule has 0 aromatic carbocycles. The molecule has 1 heteroatoms. The van der Waals surface area contributed by atoms with Crippen LogP contribution in [0.2, 0.25) is 0 Å². The molecule has 0 radical (unpaired) electrons. The van der Waals surface area contributed by atoms with Crippen LogP contribution in [0.1, 0.15) is 26.7 Å². The summed E-state index contributed by atoms with van der Waals surface area (Å²) < 4.78 is 0. The van der Waals surface area contributed by atoms with Gasteiger partial charge in [0.1, 0.15) is 0 Å². The first kappa shape index (κ1) is 6.66. The van der Waals surface area contributed by atoms with E-state index in [1.807, 2.05) is 0 Å². The lowest BCUT2D eigenvalue weighted by Gasteiger charge is -2.29. The summed E-state index contributed by atoms with van der Waals surface area (Å²) in [6, 6.07) is 0.779. The van der Waals surface area contributed by atoms with Crippen LogP contribution in [-0.2, 0) is 0 Å². The predicted molar refractivity (Wildman–Crippen MR) is 42.9 cm³/mol. The van der Waals surface area contributed by atoms with Crippen molar-refractivity contribution in [2.45, 2.75) is 32.7 Å². The van der Waals surface area contributed by atoms with Crippen LogP contribution in [0.15, 0.2) is 0 Å². The number of rotatable bonds is 1. The fourth-order valence-electron chi connectivity index (χ4n) is 2.08. The molecule has 2 rings (SSSR count). The molecule has 1 nitrogen and oxygen atoms in total. The third kappa shape index (κ3) is 1.07. The van der Waals surface area contributed by atoms with Gasteiger partial charge in [0.2, 0.25) is 0 Å². The first-order valence-electron chi connectivity index (χ1n) is 4.51. The van der Waals surface area contributed by atoms with Gasteiger partial charge in [0, 0.05) is 12.6 Å². The number of hydrogen-bond donors (Lipinski definition) is 0. The van der Waals surface area contributed by atoms with Crippen LogP contribution in [0.25, 0.3) is 0 Å². The minimum atomic E-state index is 0.779. The second-order valence-electron chi connectivity index (χ2n) is 4.13. The molecule has 1 saturated heterocycles. The van der Waals surface area contributed by atoms with Gasteiger partial charge >= 0.3 is 0 Å². The Kier molecular flexibility index (Phi) is 1.48. The van der Waals surface area contributed by atoms with Crippen molar-refractivity contribution in [3.05, 3.63) is 0 Å². The smallest absolute Gasteiger partial charge is 0.00387 e. The van der Waals surface area contributed by atoms with Crippen molar-refractivity contribution in [3.63, 3.8) is 0 Å². The Balaban J connectivity index is 1.88. The zero-order valence-electron chi connectivity index (χ0n) is 7.01. The Bertz CT molecular complexity index is 131. The van der Waals surface area contributed by atoms with Crippen LogP contribution in [-0.4, -0.2) is 24.0 Å². The predicted octanol–water partition coefficient (Wildman–Crippen LogP) is 1.74. The number of nitrogens with zero attached hydrogens (tertiary/aromatic N) is 1. The van der Waals surface area contributed by atoms with Crippen molar-refractivity contribution in [2.24, 2.45) is 11.8 Å². The summed E-state index contributed by atoms with van der Waals surface area (Å²) in [5.41, 5.74) is 0. The van der Waals surface area contributed by atoms with E-state index in [0.29, 0.717) is 0 Å². The summed E-state index contributed by atoms with van der Waals surface area (Å²) in [6.07, 6.45) is 3.01. The number of piperidine rings is 1. The van der Waals surface area contributed by atoms with Crippen LogP contribution in [0, 0.1) is 11.8 Å². The molecule has 2 unspecified atom stereocenters. The maximum Gasteiger partial charge on any atom is 0.00387 e. The Hall–Kier alpha value is -0.0400. The molecule has 0 N–H and O–H groups in total. The number of fused-ring (bicyclic) bond motifs is 1. The highest BCUT2D eigenvalue weighted by Crippen LogP contribution is 2.45. The van der Waals surface area contributed by atoms with Crippen LogP contribution in [0.5, 0.6) is 0 Å². The van der Waals surface area contributed by atoms with Gasteiger partial charge in [0.25, 0.3) is 0 Å². The van der Waals surface area contributed by atoms with Gasteiger partial charge < -0.3 is 4.90 Å². The first-order chi connectivity index (χ1) is 4.77. The molecule has 2 aliphatic rings. The molecule has 1 aliphatic heterocycles. The highest BCUT2D eigenvalue weighted by Gasteiger charge is 2.41. The largest absolute Gasteiger partial charge is 0.301 e. The summed E-state index contributed by atoms with van der Waals surface area (Å²) in [5, 5.41) is 0. The zero-order chi connectivity index (χ0) is 7.14. The minimum Gasteiger partial charge on any atom is -0.301 e. The summed E-state index contributed by atoms with van der Waals surface area (Å²) in [7, 11) is 0. The highest BCUT2D eigenvalue weighted by atomic mass is 15.2. The topological polar surface area (TPSA) is 3.24 Å². The van der Waals surface area contributed by atoms with Crippen molar-refractivity contribution in [1.29, 1.82) is 0 Å². The van der Waals surface area contributed by atoms with Gasteiger partial charge in [-0.15, -0.1) is 0 Å². The molecule has 10 heavy (non-hydrogen) atoms. The first-order valence-corrected chi connectivity index (χ1v) is 4.51. The van der Waals surface area contributed by atoms with Gasteiger partial charge in [-0.2, -0.15) is 0 Å². The second-order valence-corrected chi connectivity index (χ2v) is 4.13. The maximum atomic E-state index is 2.62. The molecule has 0 bridgehead atoms. The van der Waals surface area contributed by atoms with Crippen LogP contribution < -0.4 is 0 Å². The average Bonchev–Trinajstić information content (AvgIpc) is 2.63. The van der Waals surface area contributed by atoms with Crippen LogP contribution in [0.3, 0.4) is 0 Å².